The molecule has 0 bridgehead atoms. The van der Waals surface area contributed by atoms with Crippen molar-refractivity contribution in [2.24, 2.45) is 0 Å². The molecule has 0 amide bonds. The van der Waals surface area contributed by atoms with Gasteiger partial charge in [0.25, 0.3) is 0 Å². The second-order valence-electron chi connectivity index (χ2n) is 5.33. The third-order valence-electron chi connectivity index (χ3n) is 3.99. The van der Waals surface area contributed by atoms with E-state index in [0.717, 1.165) is 22.0 Å². The first kappa shape index (κ1) is 15.4. The van der Waals surface area contributed by atoms with E-state index in [-0.39, 0.29) is 5.60 Å². The van der Waals surface area contributed by atoms with Crippen molar-refractivity contribution in [2.75, 3.05) is 27.4 Å². The summed E-state index contributed by atoms with van der Waals surface area (Å²) < 4.78 is 16.5. The number of hydrogen-bond acceptors (Lipinski definition) is 4. The summed E-state index contributed by atoms with van der Waals surface area (Å²) in [5.41, 5.74) is 2.15. The summed E-state index contributed by atoms with van der Waals surface area (Å²) in [6.45, 7) is 1.22. The summed E-state index contributed by atoms with van der Waals surface area (Å²) in [6, 6.07) is 16.7. The maximum atomic E-state index is 5.68. The number of hydrogen-bond donors (Lipinski definition) is 0. The Hall–Kier alpha value is -1.49. The van der Waals surface area contributed by atoms with Crippen LogP contribution in [0.1, 0.15) is 11.1 Å². The zero-order valence-electron chi connectivity index (χ0n) is 12.9. The molecule has 3 nitrogen and oxygen atoms in total. The van der Waals surface area contributed by atoms with Crippen molar-refractivity contribution in [3.8, 4) is 5.75 Å². The highest BCUT2D eigenvalue weighted by Crippen LogP contribution is 2.39. The molecule has 22 heavy (non-hydrogen) atoms. The van der Waals surface area contributed by atoms with E-state index in [1.807, 2.05) is 12.1 Å². The van der Waals surface area contributed by atoms with Gasteiger partial charge in [-0.3, -0.25) is 0 Å². The molecule has 0 N–H and O–H groups in total. The fourth-order valence-electron chi connectivity index (χ4n) is 2.50. The van der Waals surface area contributed by atoms with Crippen LogP contribution >= 0.6 is 11.8 Å². The average Bonchev–Trinajstić information content (AvgIpc) is 2.53. The fourth-order valence-corrected chi connectivity index (χ4v) is 3.52. The summed E-state index contributed by atoms with van der Waals surface area (Å²) in [5, 5.41) is 0. The second kappa shape index (κ2) is 6.73. The first-order chi connectivity index (χ1) is 10.8. The smallest absolute Gasteiger partial charge is 0.139 e. The van der Waals surface area contributed by atoms with Crippen LogP contribution in [0.3, 0.4) is 0 Å². The van der Waals surface area contributed by atoms with Crippen molar-refractivity contribution in [3.63, 3.8) is 0 Å². The predicted octanol–water partition coefficient (Wildman–Crippen LogP) is 3.86. The second-order valence-corrected chi connectivity index (χ2v) is 6.35. The molecule has 0 unspecified atom stereocenters. The van der Waals surface area contributed by atoms with Crippen LogP contribution in [0.4, 0.5) is 0 Å². The van der Waals surface area contributed by atoms with Crippen LogP contribution in [0.5, 0.6) is 5.75 Å². The molecule has 1 saturated heterocycles. The molecule has 0 aliphatic carbocycles. The Kier molecular flexibility index (Phi) is 4.71. The van der Waals surface area contributed by atoms with Crippen LogP contribution in [0, 0.1) is 0 Å². The first-order valence-corrected chi connectivity index (χ1v) is 8.24. The summed E-state index contributed by atoms with van der Waals surface area (Å²) >= 11 is 1.78. The Labute approximate surface area is 135 Å². The van der Waals surface area contributed by atoms with Crippen molar-refractivity contribution >= 4 is 11.8 Å². The normalized spacial score (nSPS) is 16.1. The lowest BCUT2D eigenvalue weighted by molar-refractivity contribution is -0.202. The standard InChI is InChI=1S/C18H20O3S/c1-19-16-9-8-15(18(20-2)12-21-13-18)10-17(16)22-11-14-6-4-3-5-7-14/h3-10H,11-13H2,1-2H3. The molecule has 1 aliphatic rings. The Morgan fingerprint density at radius 3 is 2.45 bits per heavy atom. The van der Waals surface area contributed by atoms with Crippen LogP contribution in [0.25, 0.3) is 0 Å². The molecule has 0 spiro atoms. The zero-order valence-corrected chi connectivity index (χ0v) is 13.7. The number of thioether (sulfide) groups is 1. The van der Waals surface area contributed by atoms with Crippen LogP contribution < -0.4 is 4.74 Å². The monoisotopic (exact) mass is 316 g/mol. The molecule has 116 valence electrons. The van der Waals surface area contributed by atoms with E-state index >= 15 is 0 Å². The molecule has 2 aromatic carbocycles. The molecule has 3 rings (SSSR count). The summed E-state index contributed by atoms with van der Waals surface area (Å²) in [7, 11) is 3.45. The van der Waals surface area contributed by atoms with Crippen molar-refractivity contribution in [2.45, 2.75) is 16.2 Å². The largest absolute Gasteiger partial charge is 0.496 e. The van der Waals surface area contributed by atoms with Gasteiger partial charge in [0.2, 0.25) is 0 Å². The minimum Gasteiger partial charge on any atom is -0.496 e. The van der Waals surface area contributed by atoms with E-state index in [0.29, 0.717) is 13.2 Å². The minimum absolute atomic E-state index is 0.297. The van der Waals surface area contributed by atoms with Gasteiger partial charge < -0.3 is 14.2 Å². The maximum Gasteiger partial charge on any atom is 0.139 e. The van der Waals surface area contributed by atoms with E-state index < -0.39 is 0 Å². The van der Waals surface area contributed by atoms with Gasteiger partial charge in [0.1, 0.15) is 11.4 Å². The van der Waals surface area contributed by atoms with E-state index in [4.69, 9.17) is 14.2 Å². The van der Waals surface area contributed by atoms with Crippen molar-refractivity contribution in [1.29, 1.82) is 0 Å². The van der Waals surface area contributed by atoms with E-state index in [1.165, 1.54) is 5.56 Å². The van der Waals surface area contributed by atoms with E-state index in [9.17, 15) is 0 Å². The first-order valence-electron chi connectivity index (χ1n) is 7.25. The highest BCUT2D eigenvalue weighted by atomic mass is 32.2. The highest BCUT2D eigenvalue weighted by Gasteiger charge is 2.40. The lowest BCUT2D eigenvalue weighted by atomic mass is 9.92. The van der Waals surface area contributed by atoms with E-state index in [1.54, 1.807) is 26.0 Å². The molecule has 1 aliphatic heterocycles. The van der Waals surface area contributed by atoms with Crippen LogP contribution in [0.2, 0.25) is 0 Å². The Bertz CT molecular complexity index is 618. The predicted molar refractivity (Wildman–Crippen MR) is 88.5 cm³/mol. The average molecular weight is 316 g/mol. The third kappa shape index (κ3) is 3.00. The lowest BCUT2D eigenvalue weighted by Gasteiger charge is -2.40. The molecule has 0 aromatic heterocycles. The number of ether oxygens (including phenoxy) is 3. The number of benzene rings is 2. The molecule has 0 saturated carbocycles. The molecule has 2 aromatic rings. The quantitative estimate of drug-likeness (QED) is 0.756. The molecule has 0 radical (unpaired) electrons. The lowest BCUT2D eigenvalue weighted by Crippen LogP contribution is -2.48. The molecular formula is C18H20O3S. The molecule has 0 atom stereocenters. The van der Waals surface area contributed by atoms with Crippen molar-refractivity contribution < 1.29 is 14.2 Å². The minimum atomic E-state index is -0.297. The molecular weight excluding hydrogens is 296 g/mol. The Morgan fingerprint density at radius 1 is 1.09 bits per heavy atom. The van der Waals surface area contributed by atoms with Crippen LogP contribution in [-0.2, 0) is 20.8 Å². The van der Waals surface area contributed by atoms with Gasteiger partial charge in [-0.1, -0.05) is 36.4 Å². The summed E-state index contributed by atoms with van der Waals surface area (Å²) in [5.74, 6) is 1.81. The van der Waals surface area contributed by atoms with Gasteiger partial charge in [0, 0.05) is 12.9 Å². The van der Waals surface area contributed by atoms with Gasteiger partial charge in [-0.15, -0.1) is 11.8 Å². The fraction of sp³-hybridized carbons (Fsp3) is 0.333. The molecule has 1 fully saturated rings. The number of rotatable bonds is 6. The van der Waals surface area contributed by atoms with Gasteiger partial charge >= 0.3 is 0 Å². The van der Waals surface area contributed by atoms with E-state index in [2.05, 4.69) is 36.4 Å². The molecule has 1 heterocycles. The van der Waals surface area contributed by atoms with Crippen molar-refractivity contribution in [3.05, 3.63) is 59.7 Å². The van der Waals surface area contributed by atoms with Gasteiger partial charge in [0.05, 0.1) is 25.2 Å². The van der Waals surface area contributed by atoms with Gasteiger partial charge in [-0.25, -0.2) is 0 Å². The van der Waals surface area contributed by atoms with Crippen LogP contribution in [0.15, 0.2) is 53.4 Å². The maximum absolute atomic E-state index is 5.68. The highest BCUT2D eigenvalue weighted by molar-refractivity contribution is 7.98. The van der Waals surface area contributed by atoms with Gasteiger partial charge in [-0.05, 0) is 23.3 Å². The van der Waals surface area contributed by atoms with Crippen LogP contribution in [-0.4, -0.2) is 27.4 Å². The Morgan fingerprint density at radius 2 is 1.86 bits per heavy atom. The Balaban J connectivity index is 1.82. The summed E-state index contributed by atoms with van der Waals surface area (Å²) in [4.78, 5) is 1.13. The third-order valence-corrected chi connectivity index (χ3v) is 5.10. The topological polar surface area (TPSA) is 27.7 Å². The van der Waals surface area contributed by atoms with Gasteiger partial charge in [-0.2, -0.15) is 0 Å². The van der Waals surface area contributed by atoms with Gasteiger partial charge in [0.15, 0.2) is 0 Å². The zero-order chi connectivity index (χ0) is 15.4. The number of methoxy groups -OCH3 is 2. The SMILES string of the molecule is COc1ccc(C2(OC)COC2)cc1SCc1ccccc1. The molecule has 4 heteroatoms. The van der Waals surface area contributed by atoms with Crippen molar-refractivity contribution in [1.82, 2.24) is 0 Å². The summed E-state index contributed by atoms with van der Waals surface area (Å²) in [6.07, 6.45) is 0.